The van der Waals surface area contributed by atoms with E-state index in [0.717, 1.165) is 19.1 Å². The lowest BCUT2D eigenvalue weighted by molar-refractivity contribution is 0.316. The molecule has 0 amide bonds. The molecule has 0 aromatic carbocycles. The number of sulfonamides is 1. The topological polar surface area (TPSA) is 67.8 Å². The summed E-state index contributed by atoms with van der Waals surface area (Å²) in [4.78, 5) is 4.16. The number of nitrogens with zero attached hydrogens (tertiary/aromatic N) is 1. The van der Waals surface area contributed by atoms with Crippen LogP contribution in [0.4, 0.5) is 0 Å². The first-order chi connectivity index (χ1) is 8.01. The number of amidine groups is 1. The van der Waals surface area contributed by atoms with Crippen LogP contribution in [-0.2, 0) is 14.8 Å². The van der Waals surface area contributed by atoms with Crippen LogP contribution in [0.3, 0.4) is 0 Å². The maximum absolute atomic E-state index is 11.1. The maximum Gasteiger partial charge on any atom is 0.298 e. The zero-order valence-electron chi connectivity index (χ0n) is 10.4. The van der Waals surface area contributed by atoms with Crippen molar-refractivity contribution in [2.75, 3.05) is 19.4 Å². The van der Waals surface area contributed by atoms with Crippen LogP contribution in [0, 0.1) is 0 Å². The molecule has 5 nitrogen and oxygen atoms in total. The highest BCUT2D eigenvalue weighted by Crippen LogP contribution is 2.17. The Morgan fingerprint density at radius 1 is 1.53 bits per heavy atom. The van der Waals surface area contributed by atoms with E-state index in [2.05, 4.69) is 15.8 Å². The van der Waals surface area contributed by atoms with E-state index in [1.807, 2.05) is 0 Å². The van der Waals surface area contributed by atoms with Gasteiger partial charge in [-0.15, -0.1) is 0 Å². The molecule has 1 rings (SSSR count). The second-order valence-electron chi connectivity index (χ2n) is 4.04. The zero-order valence-corrected chi connectivity index (χ0v) is 11.2. The van der Waals surface area contributed by atoms with Crippen LogP contribution in [0.1, 0.15) is 32.6 Å². The van der Waals surface area contributed by atoms with Crippen molar-refractivity contribution in [3.63, 3.8) is 0 Å². The van der Waals surface area contributed by atoms with Gasteiger partial charge in [0.15, 0.2) is 0 Å². The summed E-state index contributed by atoms with van der Waals surface area (Å²) in [7, 11) is -3.32. The molecule has 0 saturated carbocycles. The molecule has 0 radical (unpaired) electrons. The number of hydrogen-bond donors (Lipinski definition) is 1. The molecule has 0 aromatic rings. The summed E-state index contributed by atoms with van der Waals surface area (Å²) >= 11 is 0. The highest BCUT2D eigenvalue weighted by atomic mass is 32.2. The highest BCUT2D eigenvalue weighted by molar-refractivity contribution is 7.89. The van der Waals surface area contributed by atoms with Crippen molar-refractivity contribution in [1.82, 2.24) is 4.72 Å². The minimum absolute atomic E-state index is 0.0847. The normalized spacial score (nSPS) is 17.5. The van der Waals surface area contributed by atoms with Gasteiger partial charge in [0.1, 0.15) is 0 Å². The average Bonchev–Trinajstić information content (AvgIpc) is 2.26. The van der Waals surface area contributed by atoms with Crippen molar-refractivity contribution in [2.24, 2.45) is 4.99 Å². The summed E-state index contributed by atoms with van der Waals surface area (Å²) in [5, 5.41) is 0. The predicted molar refractivity (Wildman–Crippen MR) is 68.5 cm³/mol. The first-order valence-corrected chi connectivity index (χ1v) is 7.73. The first kappa shape index (κ1) is 14.0. The lowest BCUT2D eigenvalue weighted by Gasteiger charge is -2.12. The molecule has 0 bridgehead atoms. The van der Waals surface area contributed by atoms with Crippen LogP contribution in [0.2, 0.25) is 0 Å². The van der Waals surface area contributed by atoms with Crippen LogP contribution in [0.15, 0.2) is 16.6 Å². The number of aliphatic imine (C=N–C) groups is 1. The molecular weight excluding hydrogens is 240 g/mol. The van der Waals surface area contributed by atoms with Gasteiger partial charge < -0.3 is 4.74 Å². The molecule has 6 heteroatoms. The largest absolute Gasteiger partial charge is 0.465 e. The number of rotatable bonds is 4. The minimum Gasteiger partial charge on any atom is -0.465 e. The molecule has 1 aliphatic carbocycles. The Hall–Kier alpha value is -1.04. The number of hydrogen-bond acceptors (Lipinski definition) is 4. The van der Waals surface area contributed by atoms with Gasteiger partial charge in [0, 0.05) is 0 Å². The molecule has 98 valence electrons. The van der Waals surface area contributed by atoms with E-state index < -0.39 is 10.0 Å². The van der Waals surface area contributed by atoms with Crippen molar-refractivity contribution in [3.8, 4) is 0 Å². The molecule has 0 aromatic heterocycles. The van der Waals surface area contributed by atoms with Gasteiger partial charge in [-0.1, -0.05) is 11.6 Å². The summed E-state index contributed by atoms with van der Waals surface area (Å²) < 4.78 is 29.6. The van der Waals surface area contributed by atoms with Crippen LogP contribution in [0.25, 0.3) is 0 Å². The Morgan fingerprint density at radius 3 is 2.82 bits per heavy atom. The second kappa shape index (κ2) is 6.64. The van der Waals surface area contributed by atoms with Gasteiger partial charge in [0.05, 0.1) is 19.4 Å². The van der Waals surface area contributed by atoms with Gasteiger partial charge in [0.25, 0.3) is 6.02 Å². The molecule has 1 aliphatic rings. The summed E-state index contributed by atoms with van der Waals surface area (Å²) in [6, 6.07) is 0.0847. The SMILES string of the molecule is CCOC(=NCC1=CCCCC1)NS(C)(=O)=O. The van der Waals surface area contributed by atoms with Crippen molar-refractivity contribution in [1.29, 1.82) is 0 Å². The van der Waals surface area contributed by atoms with E-state index in [0.29, 0.717) is 13.2 Å². The van der Waals surface area contributed by atoms with E-state index in [9.17, 15) is 8.42 Å². The third-order valence-electron chi connectivity index (χ3n) is 2.36. The van der Waals surface area contributed by atoms with E-state index in [1.165, 1.54) is 18.4 Å². The minimum atomic E-state index is -3.32. The molecule has 0 spiro atoms. The Labute approximate surface area is 103 Å². The number of allylic oxidation sites excluding steroid dienone is 1. The van der Waals surface area contributed by atoms with Crippen LogP contribution in [-0.4, -0.2) is 33.8 Å². The van der Waals surface area contributed by atoms with Gasteiger partial charge in [-0.2, -0.15) is 0 Å². The first-order valence-electron chi connectivity index (χ1n) is 5.84. The fourth-order valence-electron chi connectivity index (χ4n) is 1.62. The van der Waals surface area contributed by atoms with Crippen molar-refractivity contribution < 1.29 is 13.2 Å². The van der Waals surface area contributed by atoms with Gasteiger partial charge in [0.2, 0.25) is 10.0 Å². The molecule has 0 unspecified atom stereocenters. The van der Waals surface area contributed by atoms with Crippen molar-refractivity contribution in [2.45, 2.75) is 32.6 Å². The Bertz CT molecular complexity index is 399. The highest BCUT2D eigenvalue weighted by Gasteiger charge is 2.08. The van der Waals surface area contributed by atoms with E-state index in [4.69, 9.17) is 4.74 Å². The summed E-state index contributed by atoms with van der Waals surface area (Å²) in [6.07, 6.45) is 7.81. The Balaban J connectivity index is 2.59. The lowest BCUT2D eigenvalue weighted by atomic mass is 10.00. The summed E-state index contributed by atoms with van der Waals surface area (Å²) in [5.74, 6) is 0. The van der Waals surface area contributed by atoms with Gasteiger partial charge in [-0.05, 0) is 32.6 Å². The monoisotopic (exact) mass is 260 g/mol. The molecule has 17 heavy (non-hydrogen) atoms. The second-order valence-corrected chi connectivity index (χ2v) is 5.79. The van der Waals surface area contributed by atoms with E-state index in [1.54, 1.807) is 6.92 Å². The van der Waals surface area contributed by atoms with Gasteiger partial charge in [-0.3, -0.25) is 0 Å². The summed E-state index contributed by atoms with van der Waals surface area (Å²) in [5.41, 5.74) is 1.25. The third kappa shape index (κ3) is 6.31. The van der Waals surface area contributed by atoms with E-state index >= 15 is 0 Å². The fourth-order valence-corrected chi connectivity index (χ4v) is 2.06. The van der Waals surface area contributed by atoms with Crippen LogP contribution < -0.4 is 4.72 Å². The number of ether oxygens (including phenoxy) is 1. The predicted octanol–water partition coefficient (Wildman–Crippen LogP) is 1.43. The van der Waals surface area contributed by atoms with Crippen LogP contribution in [0.5, 0.6) is 0 Å². The fraction of sp³-hybridized carbons (Fsp3) is 0.727. The summed E-state index contributed by atoms with van der Waals surface area (Å²) in [6.45, 7) is 2.69. The molecule has 0 atom stereocenters. The quantitative estimate of drug-likeness (QED) is 0.472. The molecule has 0 fully saturated rings. The maximum atomic E-state index is 11.1. The smallest absolute Gasteiger partial charge is 0.298 e. The zero-order chi connectivity index (χ0) is 12.7. The average molecular weight is 260 g/mol. The number of nitrogens with one attached hydrogen (secondary N) is 1. The molecule has 0 heterocycles. The Kier molecular flexibility index (Phi) is 5.47. The van der Waals surface area contributed by atoms with Gasteiger partial charge >= 0.3 is 0 Å². The molecule has 0 saturated heterocycles. The van der Waals surface area contributed by atoms with Gasteiger partial charge in [-0.25, -0.2) is 18.1 Å². The molecular formula is C11H20N2O3S. The van der Waals surface area contributed by atoms with Crippen molar-refractivity contribution in [3.05, 3.63) is 11.6 Å². The third-order valence-corrected chi connectivity index (χ3v) is 2.91. The van der Waals surface area contributed by atoms with Crippen molar-refractivity contribution >= 4 is 16.0 Å². The van der Waals surface area contributed by atoms with Crippen LogP contribution >= 0.6 is 0 Å². The molecule has 0 aliphatic heterocycles. The van der Waals surface area contributed by atoms with E-state index in [-0.39, 0.29) is 6.02 Å². The Morgan fingerprint density at radius 2 is 2.29 bits per heavy atom. The standard InChI is InChI=1S/C11H20N2O3S/c1-3-16-11(13-17(2,14)15)12-9-10-7-5-4-6-8-10/h7H,3-6,8-9H2,1-2H3,(H,12,13). The lowest BCUT2D eigenvalue weighted by Crippen LogP contribution is -2.32. The molecule has 1 N–H and O–H groups in total.